The van der Waals surface area contributed by atoms with Gasteiger partial charge in [0.2, 0.25) is 0 Å². The predicted molar refractivity (Wildman–Crippen MR) is 226 cm³/mol. The summed E-state index contributed by atoms with van der Waals surface area (Å²) in [7, 11) is 0. The number of benzene rings is 7. The Morgan fingerprint density at radius 3 is 1.22 bits per heavy atom. The standard InChI is InChI=1S/C49H31N5S/c1-5-14-32(15-6-1)34-24-28-36(29-25-34)43-45-44(51-46(50-43)37-18-9-3-10-19-37)42-40(22-13-23-41(42)55-45)49-53-47(38-20-11-4-12-21-38)52-48(54-49)39-30-26-35(27-31-39)33-16-7-2-8-17-33/h1-31H. The van der Waals surface area contributed by atoms with Crippen molar-refractivity contribution >= 4 is 31.6 Å². The Morgan fingerprint density at radius 2 is 0.691 bits per heavy atom. The quantitative estimate of drug-likeness (QED) is 0.164. The molecule has 0 amide bonds. The molecule has 258 valence electrons. The normalized spacial score (nSPS) is 11.3. The first-order valence-electron chi connectivity index (χ1n) is 18.2. The summed E-state index contributed by atoms with van der Waals surface area (Å²) in [6.45, 7) is 0. The molecule has 0 saturated carbocycles. The van der Waals surface area contributed by atoms with Gasteiger partial charge in [-0.2, -0.15) is 0 Å². The molecule has 10 aromatic rings. The molecule has 6 heteroatoms. The van der Waals surface area contributed by atoms with E-state index in [0.717, 1.165) is 70.5 Å². The van der Waals surface area contributed by atoms with E-state index in [1.165, 1.54) is 5.56 Å². The van der Waals surface area contributed by atoms with Crippen LogP contribution in [0.15, 0.2) is 188 Å². The zero-order valence-corrected chi connectivity index (χ0v) is 30.4. The summed E-state index contributed by atoms with van der Waals surface area (Å²) < 4.78 is 2.10. The second-order valence-electron chi connectivity index (χ2n) is 13.3. The third kappa shape index (κ3) is 6.24. The lowest BCUT2D eigenvalue weighted by Crippen LogP contribution is -2.00. The van der Waals surface area contributed by atoms with Gasteiger partial charge in [0.1, 0.15) is 0 Å². The number of aromatic nitrogens is 5. The van der Waals surface area contributed by atoms with Crippen molar-refractivity contribution in [3.8, 4) is 79.1 Å². The van der Waals surface area contributed by atoms with E-state index in [9.17, 15) is 0 Å². The molecular formula is C49H31N5S. The summed E-state index contributed by atoms with van der Waals surface area (Å²) in [6.07, 6.45) is 0. The van der Waals surface area contributed by atoms with E-state index in [1.54, 1.807) is 11.3 Å². The lowest BCUT2D eigenvalue weighted by Gasteiger charge is -2.11. The van der Waals surface area contributed by atoms with Gasteiger partial charge in [0.05, 0.1) is 15.9 Å². The average Bonchev–Trinajstić information content (AvgIpc) is 3.66. The SMILES string of the molecule is c1ccc(-c2ccc(-c3nc(-c4ccccc4)nc(-c4cccc5sc6c(-c7ccc(-c8ccccc8)cc7)nc(-c7ccccc7)nc6c45)n3)cc2)cc1. The lowest BCUT2D eigenvalue weighted by atomic mass is 10.0. The number of nitrogens with zero attached hydrogens (tertiary/aromatic N) is 5. The monoisotopic (exact) mass is 721 g/mol. The highest BCUT2D eigenvalue weighted by Crippen LogP contribution is 2.43. The molecule has 10 rings (SSSR count). The van der Waals surface area contributed by atoms with Crippen LogP contribution in [-0.2, 0) is 0 Å². The molecule has 55 heavy (non-hydrogen) atoms. The molecule has 0 atom stereocenters. The van der Waals surface area contributed by atoms with Crippen LogP contribution in [0.3, 0.4) is 0 Å². The molecule has 3 heterocycles. The first-order chi connectivity index (χ1) is 27.2. The van der Waals surface area contributed by atoms with Crippen LogP contribution < -0.4 is 0 Å². The summed E-state index contributed by atoms with van der Waals surface area (Å²) in [5.41, 5.74) is 11.1. The van der Waals surface area contributed by atoms with Gasteiger partial charge in [-0.25, -0.2) is 24.9 Å². The first-order valence-corrected chi connectivity index (χ1v) is 19.0. The van der Waals surface area contributed by atoms with Crippen molar-refractivity contribution in [3.63, 3.8) is 0 Å². The molecule has 0 unspecified atom stereocenters. The second-order valence-corrected chi connectivity index (χ2v) is 14.3. The van der Waals surface area contributed by atoms with Crippen molar-refractivity contribution in [1.82, 2.24) is 24.9 Å². The number of hydrogen-bond donors (Lipinski definition) is 0. The van der Waals surface area contributed by atoms with Crippen LogP contribution in [0.1, 0.15) is 0 Å². The molecule has 0 spiro atoms. The molecule has 0 N–H and O–H groups in total. The van der Waals surface area contributed by atoms with Gasteiger partial charge >= 0.3 is 0 Å². The van der Waals surface area contributed by atoms with Gasteiger partial charge in [0.15, 0.2) is 23.3 Å². The Bertz CT molecular complexity index is 2930. The van der Waals surface area contributed by atoms with E-state index in [1.807, 2.05) is 60.7 Å². The molecule has 0 fully saturated rings. The van der Waals surface area contributed by atoms with Gasteiger partial charge in [-0.1, -0.05) is 182 Å². The fraction of sp³-hybridized carbons (Fsp3) is 0. The van der Waals surface area contributed by atoms with Crippen molar-refractivity contribution in [2.45, 2.75) is 0 Å². The Morgan fingerprint density at radius 1 is 0.291 bits per heavy atom. The fourth-order valence-corrected chi connectivity index (χ4v) is 8.20. The maximum atomic E-state index is 5.30. The number of thiophene rings is 1. The molecular weight excluding hydrogens is 691 g/mol. The lowest BCUT2D eigenvalue weighted by molar-refractivity contribution is 1.08. The minimum atomic E-state index is 0.593. The largest absolute Gasteiger partial charge is 0.226 e. The van der Waals surface area contributed by atoms with Crippen LogP contribution >= 0.6 is 11.3 Å². The number of rotatable bonds is 7. The zero-order valence-electron chi connectivity index (χ0n) is 29.5. The predicted octanol–water partition coefficient (Wildman–Crippen LogP) is 12.7. The molecule has 0 bridgehead atoms. The Hall–Kier alpha value is -7.15. The summed E-state index contributed by atoms with van der Waals surface area (Å²) >= 11 is 1.70. The molecule has 0 radical (unpaired) electrons. The summed E-state index contributed by atoms with van der Waals surface area (Å²) in [6, 6.07) is 64.5. The smallest absolute Gasteiger partial charge is 0.164 e. The Balaban J connectivity index is 1.17. The van der Waals surface area contributed by atoms with Crippen molar-refractivity contribution in [3.05, 3.63) is 188 Å². The van der Waals surface area contributed by atoms with Gasteiger partial charge in [-0.05, 0) is 28.3 Å². The van der Waals surface area contributed by atoms with Crippen LogP contribution in [0.2, 0.25) is 0 Å². The average molecular weight is 722 g/mol. The van der Waals surface area contributed by atoms with E-state index < -0.39 is 0 Å². The van der Waals surface area contributed by atoms with Gasteiger partial charge < -0.3 is 0 Å². The first kappa shape index (κ1) is 32.5. The van der Waals surface area contributed by atoms with Crippen LogP contribution in [0.5, 0.6) is 0 Å². The molecule has 7 aromatic carbocycles. The number of fused-ring (bicyclic) bond motifs is 3. The highest BCUT2D eigenvalue weighted by molar-refractivity contribution is 7.26. The van der Waals surface area contributed by atoms with E-state index in [0.29, 0.717) is 23.3 Å². The van der Waals surface area contributed by atoms with Crippen molar-refractivity contribution in [2.24, 2.45) is 0 Å². The third-order valence-corrected chi connectivity index (χ3v) is 10.9. The molecule has 0 aliphatic heterocycles. The van der Waals surface area contributed by atoms with Gasteiger partial charge in [0, 0.05) is 37.9 Å². The minimum absolute atomic E-state index is 0.593. The third-order valence-electron chi connectivity index (χ3n) is 9.80. The van der Waals surface area contributed by atoms with Crippen molar-refractivity contribution in [1.29, 1.82) is 0 Å². The number of hydrogen-bond acceptors (Lipinski definition) is 6. The molecule has 3 aromatic heterocycles. The topological polar surface area (TPSA) is 64.5 Å². The summed E-state index contributed by atoms with van der Waals surface area (Å²) in [5.74, 6) is 2.49. The molecule has 5 nitrogen and oxygen atoms in total. The minimum Gasteiger partial charge on any atom is -0.226 e. The maximum Gasteiger partial charge on any atom is 0.164 e. The van der Waals surface area contributed by atoms with Crippen LogP contribution in [0, 0.1) is 0 Å². The molecule has 0 aliphatic carbocycles. The highest BCUT2D eigenvalue weighted by Gasteiger charge is 2.21. The van der Waals surface area contributed by atoms with E-state index >= 15 is 0 Å². The summed E-state index contributed by atoms with van der Waals surface area (Å²) in [4.78, 5) is 25.9. The van der Waals surface area contributed by atoms with Crippen molar-refractivity contribution in [2.75, 3.05) is 0 Å². The van der Waals surface area contributed by atoms with Crippen LogP contribution in [-0.4, -0.2) is 24.9 Å². The van der Waals surface area contributed by atoms with Gasteiger partial charge in [-0.3, -0.25) is 0 Å². The van der Waals surface area contributed by atoms with Gasteiger partial charge in [-0.15, -0.1) is 11.3 Å². The van der Waals surface area contributed by atoms with Crippen LogP contribution in [0.25, 0.3) is 99.4 Å². The second kappa shape index (κ2) is 14.0. The van der Waals surface area contributed by atoms with Crippen LogP contribution in [0.4, 0.5) is 0 Å². The van der Waals surface area contributed by atoms with E-state index in [2.05, 4.69) is 127 Å². The fourth-order valence-electron chi connectivity index (χ4n) is 7.02. The van der Waals surface area contributed by atoms with Gasteiger partial charge in [0.25, 0.3) is 0 Å². The Kier molecular flexibility index (Phi) is 8.28. The van der Waals surface area contributed by atoms with Crippen molar-refractivity contribution < 1.29 is 0 Å². The zero-order chi connectivity index (χ0) is 36.6. The maximum absolute atomic E-state index is 5.30. The summed E-state index contributed by atoms with van der Waals surface area (Å²) in [5, 5.41) is 1.000. The Labute approximate surface area is 322 Å². The van der Waals surface area contributed by atoms with E-state index in [-0.39, 0.29) is 0 Å². The molecule has 0 aliphatic rings. The van der Waals surface area contributed by atoms with E-state index in [4.69, 9.17) is 24.9 Å². The highest BCUT2D eigenvalue weighted by atomic mass is 32.1. The molecule has 0 saturated heterocycles.